The van der Waals surface area contributed by atoms with Gasteiger partial charge in [-0.2, -0.15) is 0 Å². The molecule has 0 heterocycles. The van der Waals surface area contributed by atoms with Crippen LogP contribution in [-0.4, -0.2) is 0 Å². The number of hydrogen-bond acceptors (Lipinski definition) is 0. The van der Waals surface area contributed by atoms with Crippen LogP contribution in [0.5, 0.6) is 0 Å². The topological polar surface area (TPSA) is 0 Å². The molecule has 0 saturated carbocycles. The van der Waals surface area contributed by atoms with E-state index in [0.29, 0.717) is 0 Å². The second kappa shape index (κ2) is 8.82. The number of rotatable bonds is 3. The maximum absolute atomic E-state index is 2.42. The van der Waals surface area contributed by atoms with Crippen molar-refractivity contribution >= 4 is 21.5 Å². The van der Waals surface area contributed by atoms with E-state index in [2.05, 4.69) is 146 Å². The van der Waals surface area contributed by atoms with Crippen LogP contribution in [0.2, 0.25) is 0 Å². The minimum Gasteiger partial charge on any atom is -0.0622 e. The van der Waals surface area contributed by atoms with Gasteiger partial charge in [0.15, 0.2) is 0 Å². The molecule has 182 valence electrons. The van der Waals surface area contributed by atoms with Crippen LogP contribution in [0.25, 0.3) is 66.1 Å². The Bertz CT molecular complexity index is 1970. The van der Waals surface area contributed by atoms with Gasteiger partial charge in [0.25, 0.3) is 0 Å². The van der Waals surface area contributed by atoms with Crippen LogP contribution in [-0.2, 0) is 6.42 Å². The standard InChI is InChI=1S/C39H26/c1-2-11-26(12-3-1)27-14-10-15-30(23-27)38-33-17-6-8-19-35(33)39(36-20-9-7-18-34(36)38)31-22-21-29-24-28-13-4-5-16-32(28)37(29)25-31/h1-23,25H,24H2. The first-order chi connectivity index (χ1) is 19.3. The van der Waals surface area contributed by atoms with Crippen molar-refractivity contribution in [2.75, 3.05) is 0 Å². The SMILES string of the molecule is c1ccc(-c2cccc(-c3c4ccccc4c(-c4ccc5c(c4)-c4ccccc4C5)c4ccccc34)c2)cc1. The predicted octanol–water partition coefficient (Wildman–Crippen LogP) is 10.6. The van der Waals surface area contributed by atoms with Gasteiger partial charge in [-0.15, -0.1) is 0 Å². The predicted molar refractivity (Wildman–Crippen MR) is 166 cm³/mol. The summed E-state index contributed by atoms with van der Waals surface area (Å²) < 4.78 is 0. The molecule has 0 atom stereocenters. The van der Waals surface area contributed by atoms with Crippen LogP contribution < -0.4 is 0 Å². The zero-order chi connectivity index (χ0) is 25.8. The van der Waals surface area contributed by atoms with E-state index in [1.165, 1.54) is 77.2 Å². The van der Waals surface area contributed by atoms with Gasteiger partial charge in [-0.05, 0) is 95.7 Å². The minimum atomic E-state index is 1.02. The van der Waals surface area contributed by atoms with Gasteiger partial charge in [0.2, 0.25) is 0 Å². The quantitative estimate of drug-likeness (QED) is 0.214. The van der Waals surface area contributed by atoms with E-state index in [0.717, 1.165) is 6.42 Å². The van der Waals surface area contributed by atoms with E-state index in [1.54, 1.807) is 0 Å². The molecule has 39 heavy (non-hydrogen) atoms. The van der Waals surface area contributed by atoms with Gasteiger partial charge in [-0.25, -0.2) is 0 Å². The van der Waals surface area contributed by atoms with Crippen LogP contribution in [0.3, 0.4) is 0 Å². The van der Waals surface area contributed by atoms with Crippen molar-refractivity contribution in [3.63, 3.8) is 0 Å². The van der Waals surface area contributed by atoms with Crippen molar-refractivity contribution in [1.29, 1.82) is 0 Å². The van der Waals surface area contributed by atoms with Crippen molar-refractivity contribution in [2.45, 2.75) is 6.42 Å². The molecule has 7 aromatic carbocycles. The molecule has 0 unspecified atom stereocenters. The maximum atomic E-state index is 2.42. The van der Waals surface area contributed by atoms with Crippen LogP contribution in [0.1, 0.15) is 11.1 Å². The molecule has 8 rings (SSSR count). The Kier molecular flexibility index (Phi) is 5.00. The van der Waals surface area contributed by atoms with E-state index in [-0.39, 0.29) is 0 Å². The van der Waals surface area contributed by atoms with E-state index in [9.17, 15) is 0 Å². The van der Waals surface area contributed by atoms with Crippen LogP contribution in [0.4, 0.5) is 0 Å². The molecule has 0 nitrogen and oxygen atoms in total. The Hall–Kier alpha value is -4.94. The van der Waals surface area contributed by atoms with Gasteiger partial charge in [-0.3, -0.25) is 0 Å². The normalized spacial score (nSPS) is 12.0. The molecule has 0 aliphatic heterocycles. The van der Waals surface area contributed by atoms with E-state index in [1.807, 2.05) is 0 Å². The summed E-state index contributed by atoms with van der Waals surface area (Å²) in [7, 11) is 0. The molecular weight excluding hydrogens is 468 g/mol. The maximum Gasteiger partial charge on any atom is -0.00134 e. The lowest BCUT2D eigenvalue weighted by molar-refractivity contribution is 1.26. The van der Waals surface area contributed by atoms with Crippen LogP contribution >= 0.6 is 0 Å². The van der Waals surface area contributed by atoms with Gasteiger partial charge in [0, 0.05) is 0 Å². The lowest BCUT2D eigenvalue weighted by Crippen LogP contribution is -1.92. The molecule has 0 spiro atoms. The van der Waals surface area contributed by atoms with Crippen molar-refractivity contribution in [2.24, 2.45) is 0 Å². The average molecular weight is 495 g/mol. The fraction of sp³-hybridized carbons (Fsp3) is 0.0256. The first kappa shape index (κ1) is 22.1. The van der Waals surface area contributed by atoms with Gasteiger partial charge in [0.1, 0.15) is 0 Å². The molecule has 0 bridgehead atoms. The highest BCUT2D eigenvalue weighted by Crippen LogP contribution is 2.46. The summed E-state index contributed by atoms with van der Waals surface area (Å²) >= 11 is 0. The van der Waals surface area contributed by atoms with Crippen molar-refractivity contribution in [3.05, 3.63) is 157 Å². The van der Waals surface area contributed by atoms with Crippen molar-refractivity contribution in [1.82, 2.24) is 0 Å². The molecule has 0 N–H and O–H groups in total. The molecule has 0 aromatic heterocycles. The van der Waals surface area contributed by atoms with Gasteiger partial charge in [0.05, 0.1) is 0 Å². The fourth-order valence-electron chi connectivity index (χ4n) is 6.51. The summed E-state index contributed by atoms with van der Waals surface area (Å²) in [5, 5.41) is 5.17. The largest absolute Gasteiger partial charge is 0.0622 e. The van der Waals surface area contributed by atoms with Gasteiger partial charge < -0.3 is 0 Å². The summed E-state index contributed by atoms with van der Waals surface area (Å²) in [6, 6.07) is 53.4. The lowest BCUT2D eigenvalue weighted by Gasteiger charge is -2.18. The second-order valence-electron chi connectivity index (χ2n) is 10.5. The summed E-state index contributed by atoms with van der Waals surface area (Å²) in [6.07, 6.45) is 1.02. The van der Waals surface area contributed by atoms with Crippen molar-refractivity contribution in [3.8, 4) is 44.5 Å². The average Bonchev–Trinajstić information content (AvgIpc) is 3.38. The summed E-state index contributed by atoms with van der Waals surface area (Å²) in [6.45, 7) is 0. The number of benzene rings is 7. The first-order valence-corrected chi connectivity index (χ1v) is 13.7. The molecule has 0 heteroatoms. The van der Waals surface area contributed by atoms with Gasteiger partial charge in [-0.1, -0.05) is 133 Å². The molecule has 7 aromatic rings. The van der Waals surface area contributed by atoms with E-state index >= 15 is 0 Å². The number of fused-ring (bicyclic) bond motifs is 5. The lowest BCUT2D eigenvalue weighted by atomic mass is 9.85. The Morgan fingerprint density at radius 1 is 0.308 bits per heavy atom. The van der Waals surface area contributed by atoms with E-state index in [4.69, 9.17) is 0 Å². The zero-order valence-electron chi connectivity index (χ0n) is 21.6. The third-order valence-corrected chi connectivity index (χ3v) is 8.28. The molecule has 1 aliphatic rings. The third kappa shape index (κ3) is 3.53. The highest BCUT2D eigenvalue weighted by molar-refractivity contribution is 6.21. The smallest absolute Gasteiger partial charge is 0.00134 e. The van der Waals surface area contributed by atoms with Crippen molar-refractivity contribution < 1.29 is 0 Å². The van der Waals surface area contributed by atoms with E-state index < -0.39 is 0 Å². The second-order valence-corrected chi connectivity index (χ2v) is 10.5. The first-order valence-electron chi connectivity index (χ1n) is 13.7. The Morgan fingerprint density at radius 2 is 0.821 bits per heavy atom. The summed E-state index contributed by atoms with van der Waals surface area (Å²) in [5.74, 6) is 0. The fourth-order valence-corrected chi connectivity index (χ4v) is 6.51. The highest BCUT2D eigenvalue weighted by atomic mass is 14.2. The monoisotopic (exact) mass is 494 g/mol. The third-order valence-electron chi connectivity index (χ3n) is 8.28. The molecule has 0 amide bonds. The summed E-state index contributed by atoms with van der Waals surface area (Å²) in [4.78, 5) is 0. The minimum absolute atomic E-state index is 1.02. The zero-order valence-corrected chi connectivity index (χ0v) is 21.6. The molecule has 0 radical (unpaired) electrons. The molecular formula is C39H26. The summed E-state index contributed by atoms with van der Waals surface area (Å²) in [5.41, 5.74) is 13.2. The highest BCUT2D eigenvalue weighted by Gasteiger charge is 2.21. The molecule has 1 aliphatic carbocycles. The van der Waals surface area contributed by atoms with Crippen LogP contribution in [0.15, 0.2) is 146 Å². The van der Waals surface area contributed by atoms with Gasteiger partial charge >= 0.3 is 0 Å². The molecule has 0 fully saturated rings. The molecule has 0 saturated heterocycles. The Morgan fingerprint density at radius 3 is 1.51 bits per heavy atom. The Labute approximate surface area is 228 Å². The number of hydrogen-bond donors (Lipinski definition) is 0. The van der Waals surface area contributed by atoms with Crippen LogP contribution in [0, 0.1) is 0 Å². The Balaban J connectivity index is 1.41.